The molecule has 1 fully saturated rings. The third kappa shape index (κ3) is 6.18. The van der Waals surface area contributed by atoms with Crippen LogP contribution < -0.4 is 20.3 Å². The first kappa shape index (κ1) is 27.6. The molecule has 2 aromatic carbocycles. The Hall–Kier alpha value is -4.43. The fourth-order valence-corrected chi connectivity index (χ4v) is 3.92. The monoisotopic (exact) mass is 567 g/mol. The average Bonchev–Trinajstić information content (AvgIpc) is 2.85. The maximum Gasteiger partial charge on any atom is 0.417 e. The molecular formula is C24H18ClF4N5O5. The molecule has 1 aromatic heterocycles. The molecule has 0 radical (unpaired) electrons. The summed E-state index contributed by atoms with van der Waals surface area (Å²) in [5.74, 6) is -1.95. The van der Waals surface area contributed by atoms with Crippen LogP contribution in [0.4, 0.5) is 38.5 Å². The quantitative estimate of drug-likeness (QED) is 0.255. The van der Waals surface area contributed by atoms with E-state index in [2.05, 4.69) is 9.72 Å². The van der Waals surface area contributed by atoms with E-state index in [4.69, 9.17) is 22.1 Å². The topological polar surface area (TPSA) is 118 Å². The van der Waals surface area contributed by atoms with Crippen molar-refractivity contribution in [1.29, 1.82) is 0 Å². The Kier molecular flexibility index (Phi) is 7.60. The number of ether oxygens (including phenoxy) is 2. The fourth-order valence-electron chi connectivity index (χ4n) is 3.70. The largest absolute Gasteiger partial charge is 0.457 e. The van der Waals surface area contributed by atoms with Crippen LogP contribution in [0.2, 0.25) is 5.02 Å². The molecule has 2 N–H and O–H groups in total. The number of urea groups is 1. The second-order valence-corrected chi connectivity index (χ2v) is 8.65. The van der Waals surface area contributed by atoms with E-state index in [1.54, 1.807) is 11.9 Å². The summed E-state index contributed by atoms with van der Waals surface area (Å²) in [7, 11) is 1.60. The number of benzene rings is 2. The number of esters is 1. The molecule has 1 aliphatic rings. The van der Waals surface area contributed by atoms with Crippen LogP contribution in [0.5, 0.6) is 11.5 Å². The number of pyridine rings is 1. The highest BCUT2D eigenvalue weighted by Crippen LogP contribution is 2.38. The lowest BCUT2D eigenvalue weighted by Crippen LogP contribution is -2.57. The number of rotatable bonds is 5. The van der Waals surface area contributed by atoms with E-state index in [1.165, 1.54) is 30.5 Å². The summed E-state index contributed by atoms with van der Waals surface area (Å²) >= 11 is 5.70. The van der Waals surface area contributed by atoms with Gasteiger partial charge in [-0.05, 0) is 43.4 Å². The lowest BCUT2D eigenvalue weighted by molar-refractivity contribution is -0.137. The number of halogens is 5. The van der Waals surface area contributed by atoms with Crippen LogP contribution in [0.15, 0.2) is 54.7 Å². The van der Waals surface area contributed by atoms with Crippen LogP contribution in [-0.2, 0) is 10.9 Å². The summed E-state index contributed by atoms with van der Waals surface area (Å²) in [6.07, 6.45) is -4.87. The molecule has 0 bridgehead atoms. The minimum Gasteiger partial charge on any atom is -0.457 e. The van der Waals surface area contributed by atoms with Crippen LogP contribution in [0.3, 0.4) is 0 Å². The molecule has 2 heterocycles. The summed E-state index contributed by atoms with van der Waals surface area (Å²) in [5, 5.41) is -0.520. The Bertz CT molecular complexity index is 1450. The van der Waals surface area contributed by atoms with E-state index in [1.807, 2.05) is 0 Å². The van der Waals surface area contributed by atoms with Crippen molar-refractivity contribution in [1.82, 2.24) is 9.88 Å². The predicted molar refractivity (Wildman–Crippen MR) is 130 cm³/mol. The molecule has 0 atom stereocenters. The number of aromatic nitrogens is 1. The van der Waals surface area contributed by atoms with Gasteiger partial charge in [-0.25, -0.2) is 23.8 Å². The van der Waals surface area contributed by atoms with Gasteiger partial charge >= 0.3 is 24.3 Å². The van der Waals surface area contributed by atoms with Crippen LogP contribution >= 0.6 is 11.6 Å². The van der Waals surface area contributed by atoms with Crippen LogP contribution in [-0.4, -0.2) is 48.4 Å². The summed E-state index contributed by atoms with van der Waals surface area (Å²) in [6.45, 7) is -0.110. The molecule has 204 valence electrons. The van der Waals surface area contributed by atoms with E-state index < -0.39 is 40.7 Å². The highest BCUT2D eigenvalue weighted by atomic mass is 35.5. The SMILES string of the molecule is CN1CN(c2ccc(Cl)c(C(F)(F)F)c2)C(=O)N(c2ccc(Oc3ccnc(C(=O)OC(N)=O)c3)cc2F)C1. The van der Waals surface area contributed by atoms with Gasteiger partial charge in [0, 0.05) is 24.0 Å². The van der Waals surface area contributed by atoms with Gasteiger partial charge in [0.25, 0.3) is 0 Å². The van der Waals surface area contributed by atoms with Gasteiger partial charge in [-0.2, -0.15) is 13.2 Å². The van der Waals surface area contributed by atoms with Gasteiger partial charge in [-0.1, -0.05) is 11.6 Å². The zero-order valence-corrected chi connectivity index (χ0v) is 20.7. The number of nitrogens with zero attached hydrogens (tertiary/aromatic N) is 4. The molecule has 0 unspecified atom stereocenters. The molecule has 15 heteroatoms. The highest BCUT2D eigenvalue weighted by Gasteiger charge is 2.36. The summed E-state index contributed by atoms with van der Waals surface area (Å²) in [5.41, 5.74) is 3.18. The van der Waals surface area contributed by atoms with Gasteiger partial charge in [-0.15, -0.1) is 0 Å². The summed E-state index contributed by atoms with van der Waals surface area (Å²) < 4.78 is 65.0. The standard InChI is InChI=1S/C24H18ClF4N5O5/c1-32-11-33(13-2-4-17(25)16(8-13)24(27,28)29)23(37)34(12-32)20-5-3-14(9-18(20)26)38-15-6-7-31-19(10-15)21(35)39-22(30)36/h2-10H,11-12H2,1H3,(H2,30,36). The van der Waals surface area contributed by atoms with E-state index in [0.717, 1.165) is 34.1 Å². The minimum atomic E-state index is -4.74. The van der Waals surface area contributed by atoms with E-state index in [0.29, 0.717) is 0 Å². The van der Waals surface area contributed by atoms with Crippen molar-refractivity contribution in [3.63, 3.8) is 0 Å². The smallest absolute Gasteiger partial charge is 0.417 e. The number of carbonyl (C=O) groups excluding carboxylic acids is 3. The first-order valence-electron chi connectivity index (χ1n) is 10.9. The molecule has 0 saturated carbocycles. The molecule has 10 nitrogen and oxygen atoms in total. The second-order valence-electron chi connectivity index (χ2n) is 8.24. The van der Waals surface area contributed by atoms with Crippen molar-refractivity contribution in [3.05, 3.63) is 76.8 Å². The molecule has 0 spiro atoms. The number of hydrogen-bond donors (Lipinski definition) is 1. The Morgan fingerprint density at radius 2 is 1.72 bits per heavy atom. The van der Waals surface area contributed by atoms with Gasteiger partial charge in [0.15, 0.2) is 11.5 Å². The zero-order valence-electron chi connectivity index (χ0n) is 19.9. The van der Waals surface area contributed by atoms with Crippen molar-refractivity contribution in [2.24, 2.45) is 5.73 Å². The van der Waals surface area contributed by atoms with Gasteiger partial charge in [0.05, 0.1) is 29.6 Å². The second kappa shape index (κ2) is 10.7. The molecule has 1 saturated heterocycles. The lowest BCUT2D eigenvalue weighted by atomic mass is 10.1. The number of nitrogens with two attached hydrogens (primary N) is 1. The number of hydrogen-bond acceptors (Lipinski definition) is 7. The van der Waals surface area contributed by atoms with Crippen molar-refractivity contribution in [2.75, 3.05) is 30.2 Å². The first-order chi connectivity index (χ1) is 18.3. The third-order valence-electron chi connectivity index (χ3n) is 5.37. The van der Waals surface area contributed by atoms with Gasteiger partial charge in [-0.3, -0.25) is 14.7 Å². The Balaban J connectivity index is 1.57. The Morgan fingerprint density at radius 1 is 1.03 bits per heavy atom. The summed E-state index contributed by atoms with van der Waals surface area (Å²) in [6, 6.07) is 8.37. The molecule has 3 amide bonds. The average molecular weight is 568 g/mol. The van der Waals surface area contributed by atoms with Gasteiger partial charge in [0.1, 0.15) is 11.5 Å². The molecule has 4 rings (SSSR count). The van der Waals surface area contributed by atoms with Crippen molar-refractivity contribution < 1.29 is 41.4 Å². The van der Waals surface area contributed by atoms with Gasteiger partial charge < -0.3 is 15.2 Å². The zero-order chi connectivity index (χ0) is 28.5. The van der Waals surface area contributed by atoms with Gasteiger partial charge in [0.2, 0.25) is 0 Å². The number of primary amides is 1. The molecule has 0 aliphatic carbocycles. The van der Waals surface area contributed by atoms with Crippen molar-refractivity contribution in [2.45, 2.75) is 6.18 Å². The maximum atomic E-state index is 15.2. The highest BCUT2D eigenvalue weighted by molar-refractivity contribution is 6.31. The summed E-state index contributed by atoms with van der Waals surface area (Å²) in [4.78, 5) is 43.3. The minimum absolute atomic E-state index is 0.0149. The van der Waals surface area contributed by atoms with E-state index in [9.17, 15) is 27.6 Å². The number of carbonyl (C=O) groups is 3. The van der Waals surface area contributed by atoms with Crippen molar-refractivity contribution >= 4 is 41.1 Å². The lowest BCUT2D eigenvalue weighted by Gasteiger charge is -2.40. The molecule has 39 heavy (non-hydrogen) atoms. The molecular weight excluding hydrogens is 550 g/mol. The molecule has 1 aliphatic heterocycles. The maximum absolute atomic E-state index is 15.2. The number of anilines is 2. The number of alkyl halides is 3. The van der Waals surface area contributed by atoms with Crippen molar-refractivity contribution in [3.8, 4) is 11.5 Å². The van der Waals surface area contributed by atoms with E-state index in [-0.39, 0.29) is 41.9 Å². The third-order valence-corrected chi connectivity index (χ3v) is 5.70. The molecule has 3 aromatic rings. The van der Waals surface area contributed by atoms with Crippen LogP contribution in [0, 0.1) is 5.82 Å². The number of amides is 3. The fraction of sp³-hybridized carbons (Fsp3) is 0.167. The Labute approximate surface area is 223 Å². The van der Waals surface area contributed by atoms with Crippen LogP contribution in [0.25, 0.3) is 0 Å². The first-order valence-corrected chi connectivity index (χ1v) is 11.3. The predicted octanol–water partition coefficient (Wildman–Crippen LogP) is 5.21. The normalized spacial score (nSPS) is 14.4. The van der Waals surface area contributed by atoms with Crippen LogP contribution in [0.1, 0.15) is 16.1 Å². The Morgan fingerprint density at radius 3 is 2.38 bits per heavy atom. The van der Waals surface area contributed by atoms with E-state index >= 15 is 4.39 Å².